The lowest BCUT2D eigenvalue weighted by atomic mass is 10.2. The van der Waals surface area contributed by atoms with E-state index in [-0.39, 0.29) is 28.6 Å². The molecule has 0 saturated heterocycles. The van der Waals surface area contributed by atoms with E-state index in [1.807, 2.05) is 31.2 Å². The van der Waals surface area contributed by atoms with E-state index in [9.17, 15) is 10.1 Å². The van der Waals surface area contributed by atoms with E-state index < -0.39 is 4.92 Å². The molecule has 0 bridgehead atoms. The first kappa shape index (κ1) is 22.9. The Balaban J connectivity index is 2.07. The second-order valence-electron chi connectivity index (χ2n) is 6.33. The highest BCUT2D eigenvalue weighted by atomic mass is 32.1. The number of aromatic amines is 1. The number of nitrogens with one attached hydrogen (secondary N) is 1. The molecule has 0 unspecified atom stereocenters. The molecule has 32 heavy (non-hydrogen) atoms. The largest absolute Gasteiger partial charge is 0.493 e. The molecule has 168 valence electrons. The maximum absolute atomic E-state index is 11.6. The predicted octanol–water partition coefficient (Wildman–Crippen LogP) is 4.59. The number of para-hydroxylation sites is 1. The SMILES string of the molecule is CCOc1ccccc1-c1n[nH]c(=S)n1/N=C\c1cc(OCC)c(OCC)c([N+](=O)[O-])c1. The van der Waals surface area contributed by atoms with Gasteiger partial charge in [0, 0.05) is 11.6 Å². The van der Waals surface area contributed by atoms with Crippen molar-refractivity contribution in [1.29, 1.82) is 0 Å². The molecule has 0 atom stereocenters. The summed E-state index contributed by atoms with van der Waals surface area (Å²) in [6.45, 7) is 6.50. The molecule has 0 amide bonds. The van der Waals surface area contributed by atoms with Gasteiger partial charge in [0.2, 0.25) is 10.5 Å². The zero-order chi connectivity index (χ0) is 23.1. The normalized spacial score (nSPS) is 11.0. The highest BCUT2D eigenvalue weighted by Gasteiger charge is 2.22. The van der Waals surface area contributed by atoms with Crippen LogP contribution in [0.2, 0.25) is 0 Å². The highest BCUT2D eigenvalue weighted by molar-refractivity contribution is 7.71. The van der Waals surface area contributed by atoms with Crippen LogP contribution in [-0.4, -0.2) is 45.8 Å². The zero-order valence-electron chi connectivity index (χ0n) is 17.9. The first-order valence-electron chi connectivity index (χ1n) is 10.0. The Bertz CT molecular complexity index is 1190. The molecule has 10 nitrogen and oxygen atoms in total. The van der Waals surface area contributed by atoms with Gasteiger partial charge in [-0.3, -0.25) is 10.1 Å². The number of benzene rings is 2. The van der Waals surface area contributed by atoms with Crippen molar-refractivity contribution in [2.45, 2.75) is 20.8 Å². The number of hydrogen-bond donors (Lipinski definition) is 1. The lowest BCUT2D eigenvalue weighted by Gasteiger charge is -2.12. The summed E-state index contributed by atoms with van der Waals surface area (Å²) in [5.74, 6) is 1.43. The number of nitrogens with zero attached hydrogens (tertiary/aromatic N) is 4. The minimum absolute atomic E-state index is 0.0859. The lowest BCUT2D eigenvalue weighted by molar-refractivity contribution is -0.385. The van der Waals surface area contributed by atoms with Crippen LogP contribution < -0.4 is 14.2 Å². The quantitative estimate of drug-likeness (QED) is 0.205. The van der Waals surface area contributed by atoms with Gasteiger partial charge in [-0.2, -0.15) is 14.9 Å². The van der Waals surface area contributed by atoms with Gasteiger partial charge in [0.1, 0.15) is 5.75 Å². The third kappa shape index (κ3) is 4.94. The van der Waals surface area contributed by atoms with Crippen LogP contribution >= 0.6 is 12.2 Å². The van der Waals surface area contributed by atoms with Gasteiger partial charge in [-0.25, -0.2) is 5.10 Å². The lowest BCUT2D eigenvalue weighted by Crippen LogP contribution is -2.04. The maximum Gasteiger partial charge on any atom is 0.315 e. The van der Waals surface area contributed by atoms with Crippen LogP contribution in [0.25, 0.3) is 11.4 Å². The molecule has 1 N–H and O–H groups in total. The molecule has 0 saturated carbocycles. The van der Waals surface area contributed by atoms with E-state index in [1.54, 1.807) is 19.9 Å². The maximum atomic E-state index is 11.6. The van der Waals surface area contributed by atoms with Gasteiger partial charge in [-0.1, -0.05) is 12.1 Å². The number of rotatable bonds is 10. The van der Waals surface area contributed by atoms with Gasteiger partial charge in [-0.15, -0.1) is 0 Å². The van der Waals surface area contributed by atoms with Crippen LogP contribution in [0.15, 0.2) is 41.5 Å². The third-order valence-electron chi connectivity index (χ3n) is 4.24. The number of ether oxygens (including phenoxy) is 3. The fourth-order valence-electron chi connectivity index (χ4n) is 3.00. The molecule has 0 radical (unpaired) electrons. The standard InChI is InChI=1S/C21H23N5O5S/c1-4-29-17-10-8-7-9-15(17)20-23-24-21(32)25(20)22-13-14-11-16(26(27)28)19(31-6-3)18(12-14)30-5-2/h7-13H,4-6H2,1-3H3,(H,24,32)/b22-13-. The van der Waals surface area contributed by atoms with Crippen LogP contribution in [-0.2, 0) is 0 Å². The Hall–Kier alpha value is -3.73. The Morgan fingerprint density at radius 1 is 1.12 bits per heavy atom. The first-order chi connectivity index (χ1) is 15.5. The van der Waals surface area contributed by atoms with Crippen LogP contribution in [0.5, 0.6) is 17.2 Å². The Kier molecular flexibility index (Phi) is 7.55. The molecule has 11 heteroatoms. The Morgan fingerprint density at radius 3 is 2.50 bits per heavy atom. The van der Waals surface area contributed by atoms with Crippen LogP contribution in [0.1, 0.15) is 26.3 Å². The molecule has 3 aromatic rings. The van der Waals surface area contributed by atoms with E-state index in [1.165, 1.54) is 17.0 Å². The van der Waals surface area contributed by atoms with E-state index in [0.717, 1.165) is 0 Å². The summed E-state index contributed by atoms with van der Waals surface area (Å²) in [7, 11) is 0. The van der Waals surface area contributed by atoms with E-state index in [0.29, 0.717) is 35.9 Å². The van der Waals surface area contributed by atoms with Crippen molar-refractivity contribution < 1.29 is 19.1 Å². The Morgan fingerprint density at radius 2 is 1.81 bits per heavy atom. The summed E-state index contributed by atoms with van der Waals surface area (Å²) < 4.78 is 18.4. The van der Waals surface area contributed by atoms with Crippen LogP contribution in [0.4, 0.5) is 5.69 Å². The predicted molar refractivity (Wildman–Crippen MR) is 122 cm³/mol. The van der Waals surface area contributed by atoms with Gasteiger partial charge in [0.05, 0.1) is 36.5 Å². The Labute approximate surface area is 189 Å². The monoisotopic (exact) mass is 457 g/mol. The highest BCUT2D eigenvalue weighted by Crippen LogP contribution is 2.38. The second-order valence-corrected chi connectivity index (χ2v) is 6.72. The number of aromatic nitrogens is 3. The molecule has 1 heterocycles. The van der Waals surface area contributed by atoms with Crippen LogP contribution in [0, 0.1) is 14.9 Å². The minimum atomic E-state index is -0.516. The van der Waals surface area contributed by atoms with E-state index in [4.69, 9.17) is 26.4 Å². The first-order valence-corrected chi connectivity index (χ1v) is 10.4. The van der Waals surface area contributed by atoms with Gasteiger partial charge >= 0.3 is 5.69 Å². The van der Waals surface area contributed by atoms with Crippen molar-refractivity contribution in [3.05, 3.63) is 56.8 Å². The molecular weight excluding hydrogens is 434 g/mol. The summed E-state index contributed by atoms with van der Waals surface area (Å²) in [4.78, 5) is 11.1. The molecule has 0 spiro atoms. The smallest absolute Gasteiger partial charge is 0.315 e. The van der Waals surface area contributed by atoms with Gasteiger partial charge < -0.3 is 14.2 Å². The summed E-state index contributed by atoms with van der Waals surface area (Å²) in [6.07, 6.45) is 1.45. The third-order valence-corrected chi connectivity index (χ3v) is 4.51. The van der Waals surface area contributed by atoms with E-state index in [2.05, 4.69) is 15.3 Å². The van der Waals surface area contributed by atoms with Crippen molar-refractivity contribution in [3.8, 4) is 28.6 Å². The van der Waals surface area contributed by atoms with Gasteiger partial charge in [0.25, 0.3) is 0 Å². The molecule has 0 aliphatic carbocycles. The topological polar surface area (TPSA) is 117 Å². The number of nitro benzene ring substituents is 1. The minimum Gasteiger partial charge on any atom is -0.493 e. The molecule has 3 rings (SSSR count). The van der Waals surface area contributed by atoms with Gasteiger partial charge in [0.15, 0.2) is 11.6 Å². The van der Waals surface area contributed by atoms with Crippen molar-refractivity contribution in [1.82, 2.24) is 14.9 Å². The average molecular weight is 458 g/mol. The summed E-state index contributed by atoms with van der Waals surface area (Å²) in [5, 5.41) is 23.0. The second kappa shape index (κ2) is 10.5. The zero-order valence-corrected chi connectivity index (χ0v) is 18.7. The molecule has 0 fully saturated rings. The molecule has 2 aromatic carbocycles. The molecule has 0 aliphatic rings. The summed E-state index contributed by atoms with van der Waals surface area (Å²) in [6, 6.07) is 10.4. The van der Waals surface area contributed by atoms with Gasteiger partial charge in [-0.05, 0) is 51.2 Å². The number of nitro groups is 1. The van der Waals surface area contributed by atoms with Crippen LogP contribution in [0.3, 0.4) is 0 Å². The average Bonchev–Trinajstić information content (AvgIpc) is 3.14. The fraction of sp³-hybridized carbons (Fsp3) is 0.286. The fourth-order valence-corrected chi connectivity index (χ4v) is 3.18. The van der Waals surface area contributed by atoms with Crippen molar-refractivity contribution in [2.75, 3.05) is 19.8 Å². The van der Waals surface area contributed by atoms with E-state index >= 15 is 0 Å². The van der Waals surface area contributed by atoms with Crippen molar-refractivity contribution in [3.63, 3.8) is 0 Å². The van der Waals surface area contributed by atoms with Crippen molar-refractivity contribution in [2.24, 2.45) is 5.10 Å². The molecule has 1 aromatic heterocycles. The number of H-pyrrole nitrogens is 1. The molecule has 0 aliphatic heterocycles. The number of hydrogen-bond acceptors (Lipinski definition) is 8. The summed E-state index contributed by atoms with van der Waals surface area (Å²) in [5.41, 5.74) is 0.930. The molecular formula is C21H23N5O5S. The summed E-state index contributed by atoms with van der Waals surface area (Å²) >= 11 is 5.32. The van der Waals surface area contributed by atoms with Crippen molar-refractivity contribution >= 4 is 24.1 Å².